The predicted octanol–water partition coefficient (Wildman–Crippen LogP) is 1.46. The highest BCUT2D eigenvalue weighted by Gasteiger charge is 2.12. The van der Waals surface area contributed by atoms with Crippen molar-refractivity contribution in [1.29, 1.82) is 0 Å². The maximum atomic E-state index is 12.2. The summed E-state index contributed by atoms with van der Waals surface area (Å²) in [6.45, 7) is 4.79. The standard InChI is InChI=1S/C16H22N2O2/c1-4-15(11-20-3)18-16(19)14-8-7-12(2)13(10-14)6-5-9-17/h7-8,10,15H,4,9,11,17H2,1-3H3,(H,18,19). The number of nitrogens with two attached hydrogens (primary N) is 1. The van der Waals surface area contributed by atoms with Crippen molar-refractivity contribution in [2.45, 2.75) is 26.3 Å². The summed E-state index contributed by atoms with van der Waals surface area (Å²) in [6, 6.07) is 5.52. The number of carbonyl (C=O) groups excluding carboxylic acids is 1. The highest BCUT2D eigenvalue weighted by Crippen LogP contribution is 2.10. The van der Waals surface area contributed by atoms with Gasteiger partial charge in [-0.15, -0.1) is 0 Å². The van der Waals surface area contributed by atoms with Gasteiger partial charge in [-0.2, -0.15) is 0 Å². The molecule has 0 bridgehead atoms. The van der Waals surface area contributed by atoms with Gasteiger partial charge in [-0.3, -0.25) is 4.79 Å². The van der Waals surface area contributed by atoms with Crippen LogP contribution in [0, 0.1) is 18.8 Å². The highest BCUT2D eigenvalue weighted by molar-refractivity contribution is 5.94. The largest absolute Gasteiger partial charge is 0.383 e. The van der Waals surface area contributed by atoms with E-state index < -0.39 is 0 Å². The second-order valence-corrected chi connectivity index (χ2v) is 4.57. The number of benzene rings is 1. The molecular weight excluding hydrogens is 252 g/mol. The van der Waals surface area contributed by atoms with Crippen LogP contribution >= 0.6 is 0 Å². The van der Waals surface area contributed by atoms with E-state index in [4.69, 9.17) is 10.5 Å². The molecule has 1 rings (SSSR count). The van der Waals surface area contributed by atoms with E-state index in [0.29, 0.717) is 18.7 Å². The smallest absolute Gasteiger partial charge is 0.251 e. The van der Waals surface area contributed by atoms with E-state index in [2.05, 4.69) is 17.2 Å². The van der Waals surface area contributed by atoms with Gasteiger partial charge >= 0.3 is 0 Å². The molecule has 0 saturated heterocycles. The first-order valence-electron chi connectivity index (χ1n) is 6.71. The molecule has 108 valence electrons. The molecule has 1 unspecified atom stereocenters. The molecule has 0 saturated carbocycles. The van der Waals surface area contributed by atoms with Crippen molar-refractivity contribution in [2.24, 2.45) is 5.73 Å². The average Bonchev–Trinajstić information content (AvgIpc) is 2.45. The van der Waals surface area contributed by atoms with Gasteiger partial charge in [0.15, 0.2) is 0 Å². The second kappa shape index (κ2) is 8.36. The van der Waals surface area contributed by atoms with Crippen molar-refractivity contribution in [3.8, 4) is 11.8 Å². The molecule has 1 aromatic carbocycles. The fourth-order valence-corrected chi connectivity index (χ4v) is 1.78. The molecule has 3 N–H and O–H groups in total. The Morgan fingerprint density at radius 1 is 1.50 bits per heavy atom. The minimum absolute atomic E-state index is 0.0207. The van der Waals surface area contributed by atoms with Crippen molar-refractivity contribution in [1.82, 2.24) is 5.32 Å². The minimum Gasteiger partial charge on any atom is -0.383 e. The number of nitrogens with one attached hydrogen (secondary N) is 1. The van der Waals surface area contributed by atoms with Gasteiger partial charge in [-0.05, 0) is 31.0 Å². The van der Waals surface area contributed by atoms with Crippen LogP contribution in [0.15, 0.2) is 18.2 Å². The summed E-state index contributed by atoms with van der Waals surface area (Å²) in [5.41, 5.74) is 7.85. The highest BCUT2D eigenvalue weighted by atomic mass is 16.5. The van der Waals surface area contributed by atoms with Crippen LogP contribution in [0.3, 0.4) is 0 Å². The van der Waals surface area contributed by atoms with Gasteiger partial charge < -0.3 is 15.8 Å². The fourth-order valence-electron chi connectivity index (χ4n) is 1.78. The molecule has 1 amide bonds. The van der Waals surface area contributed by atoms with Crippen LogP contribution < -0.4 is 11.1 Å². The maximum absolute atomic E-state index is 12.2. The summed E-state index contributed by atoms with van der Waals surface area (Å²) < 4.78 is 5.08. The lowest BCUT2D eigenvalue weighted by Crippen LogP contribution is -2.37. The Hall–Kier alpha value is -1.83. The summed E-state index contributed by atoms with van der Waals surface area (Å²) in [4.78, 5) is 12.2. The van der Waals surface area contributed by atoms with Crippen molar-refractivity contribution in [2.75, 3.05) is 20.3 Å². The Balaban J connectivity index is 2.88. The molecule has 1 aromatic rings. The van der Waals surface area contributed by atoms with Gasteiger partial charge in [0.25, 0.3) is 5.91 Å². The molecule has 0 fully saturated rings. The maximum Gasteiger partial charge on any atom is 0.251 e. The van der Waals surface area contributed by atoms with E-state index >= 15 is 0 Å². The monoisotopic (exact) mass is 274 g/mol. The molecule has 0 heterocycles. The zero-order valence-electron chi connectivity index (χ0n) is 12.3. The zero-order chi connectivity index (χ0) is 15.0. The quantitative estimate of drug-likeness (QED) is 0.799. The lowest BCUT2D eigenvalue weighted by Gasteiger charge is -2.16. The summed E-state index contributed by atoms with van der Waals surface area (Å²) in [5, 5.41) is 2.95. The van der Waals surface area contributed by atoms with Crippen LogP contribution in [0.4, 0.5) is 0 Å². The Labute approximate surface area is 120 Å². The minimum atomic E-state index is -0.107. The second-order valence-electron chi connectivity index (χ2n) is 4.57. The van der Waals surface area contributed by atoms with Crippen LogP contribution in [0.25, 0.3) is 0 Å². The molecule has 4 nitrogen and oxygen atoms in total. The van der Waals surface area contributed by atoms with Crippen LogP contribution in [0.1, 0.15) is 34.8 Å². The Morgan fingerprint density at radius 3 is 2.85 bits per heavy atom. The molecule has 4 heteroatoms. The number of hydrogen-bond donors (Lipinski definition) is 2. The van der Waals surface area contributed by atoms with Crippen LogP contribution in [-0.4, -0.2) is 32.2 Å². The van der Waals surface area contributed by atoms with Gasteiger partial charge in [0.2, 0.25) is 0 Å². The van der Waals surface area contributed by atoms with E-state index in [1.54, 1.807) is 19.2 Å². The van der Waals surface area contributed by atoms with Crippen molar-refractivity contribution < 1.29 is 9.53 Å². The van der Waals surface area contributed by atoms with Crippen molar-refractivity contribution >= 4 is 5.91 Å². The molecular formula is C16H22N2O2. The van der Waals surface area contributed by atoms with Crippen molar-refractivity contribution in [3.63, 3.8) is 0 Å². The first kappa shape index (κ1) is 16.2. The van der Waals surface area contributed by atoms with Crippen LogP contribution in [-0.2, 0) is 4.74 Å². The molecule has 0 aliphatic heterocycles. The SMILES string of the molecule is CCC(COC)NC(=O)c1ccc(C)c(C#CCN)c1. The average molecular weight is 274 g/mol. The molecule has 1 atom stereocenters. The molecule has 20 heavy (non-hydrogen) atoms. The van der Waals surface area contributed by atoms with Gasteiger partial charge in [0, 0.05) is 18.2 Å². The third kappa shape index (κ3) is 4.69. The summed E-state index contributed by atoms with van der Waals surface area (Å²) in [6.07, 6.45) is 0.825. The van der Waals surface area contributed by atoms with E-state index in [9.17, 15) is 4.79 Å². The molecule has 0 radical (unpaired) electrons. The normalized spacial score (nSPS) is 11.4. The van der Waals surface area contributed by atoms with E-state index in [-0.39, 0.29) is 11.9 Å². The topological polar surface area (TPSA) is 64.3 Å². The van der Waals surface area contributed by atoms with Gasteiger partial charge in [-0.1, -0.05) is 24.8 Å². The Kier molecular flexibility index (Phi) is 6.78. The summed E-state index contributed by atoms with van der Waals surface area (Å²) in [7, 11) is 1.63. The van der Waals surface area contributed by atoms with Gasteiger partial charge in [-0.25, -0.2) is 0 Å². The molecule has 0 aliphatic rings. The number of rotatable bonds is 5. The van der Waals surface area contributed by atoms with Crippen molar-refractivity contribution in [3.05, 3.63) is 34.9 Å². The predicted molar refractivity (Wildman–Crippen MR) is 80.5 cm³/mol. The first-order valence-corrected chi connectivity index (χ1v) is 6.71. The lowest BCUT2D eigenvalue weighted by molar-refractivity contribution is 0.0894. The fraction of sp³-hybridized carbons (Fsp3) is 0.438. The van der Waals surface area contributed by atoms with Gasteiger partial charge in [0.05, 0.1) is 19.2 Å². The summed E-state index contributed by atoms with van der Waals surface area (Å²) >= 11 is 0. The molecule has 0 spiro atoms. The number of ether oxygens (including phenoxy) is 1. The van der Waals surface area contributed by atoms with Crippen LogP contribution in [0.2, 0.25) is 0 Å². The van der Waals surface area contributed by atoms with Gasteiger partial charge in [0.1, 0.15) is 0 Å². The number of carbonyl (C=O) groups is 1. The first-order chi connectivity index (χ1) is 9.62. The number of amides is 1. The van der Waals surface area contributed by atoms with Crippen LogP contribution in [0.5, 0.6) is 0 Å². The zero-order valence-corrected chi connectivity index (χ0v) is 12.3. The van der Waals surface area contributed by atoms with E-state index in [0.717, 1.165) is 17.5 Å². The molecule has 0 aromatic heterocycles. The number of aryl methyl sites for hydroxylation is 1. The Morgan fingerprint density at radius 2 is 2.25 bits per heavy atom. The number of methoxy groups -OCH3 is 1. The Bertz CT molecular complexity index is 515. The lowest BCUT2D eigenvalue weighted by atomic mass is 10.0. The molecule has 0 aliphatic carbocycles. The van der Waals surface area contributed by atoms with E-state index in [1.165, 1.54) is 0 Å². The van der Waals surface area contributed by atoms with E-state index in [1.807, 2.05) is 19.9 Å². The summed E-state index contributed by atoms with van der Waals surface area (Å²) in [5.74, 6) is 5.68. The third-order valence-electron chi connectivity index (χ3n) is 3.02. The third-order valence-corrected chi connectivity index (χ3v) is 3.02. The number of hydrogen-bond acceptors (Lipinski definition) is 3.